The Kier molecular flexibility index (Phi) is 10.2. The summed E-state index contributed by atoms with van der Waals surface area (Å²) in [4.78, 5) is 42.9. The first-order chi connectivity index (χ1) is 21.9. The smallest absolute Gasteiger partial charge is 0.319 e. The standard InChI is InChI=1S/C32H28ClN9O3/c33-24-10-15-29(42-21-36-40-41-42)23(19-24)9-16-30(43)39-28(18-22-6-2-1-3-7-22)31(44)37-25-11-13-26(14-12-25)38-32(45)35-20-27-8-4-5-17-34-27/h1-17,19,21,28H,18,20H2,(H,37,44)(H,39,43)(H2,35,38,45)/t28-/m0/s1. The highest BCUT2D eigenvalue weighted by Crippen LogP contribution is 2.20. The van der Waals surface area contributed by atoms with Gasteiger partial charge < -0.3 is 21.3 Å². The van der Waals surface area contributed by atoms with E-state index in [0.29, 0.717) is 27.6 Å². The molecule has 2 aromatic heterocycles. The van der Waals surface area contributed by atoms with Crippen LogP contribution in [0.5, 0.6) is 0 Å². The second kappa shape index (κ2) is 15.0. The van der Waals surface area contributed by atoms with Crippen LogP contribution in [0.3, 0.4) is 0 Å². The maximum absolute atomic E-state index is 13.4. The monoisotopic (exact) mass is 621 g/mol. The first-order valence-electron chi connectivity index (χ1n) is 13.8. The SMILES string of the molecule is O=C(C=Cc1cc(Cl)ccc1-n1cnnn1)N[C@@H](Cc1ccccc1)C(=O)Nc1ccc(NC(=O)NCc2ccccn2)cc1. The van der Waals surface area contributed by atoms with Gasteiger partial charge in [-0.05, 0) is 76.7 Å². The molecule has 5 aromatic rings. The molecule has 226 valence electrons. The lowest BCUT2D eigenvalue weighted by molar-refractivity contribution is -0.123. The normalized spacial score (nSPS) is 11.5. The predicted molar refractivity (Wildman–Crippen MR) is 170 cm³/mol. The van der Waals surface area contributed by atoms with Crippen molar-refractivity contribution in [2.75, 3.05) is 10.6 Å². The Morgan fingerprint density at radius 2 is 1.64 bits per heavy atom. The van der Waals surface area contributed by atoms with E-state index in [2.05, 4.69) is 41.8 Å². The number of nitrogens with zero attached hydrogens (tertiary/aromatic N) is 5. The van der Waals surface area contributed by atoms with Gasteiger partial charge >= 0.3 is 6.03 Å². The van der Waals surface area contributed by atoms with Crippen LogP contribution in [-0.4, -0.2) is 49.1 Å². The number of amides is 4. The molecular weight excluding hydrogens is 594 g/mol. The third kappa shape index (κ3) is 9.05. The second-order valence-corrected chi connectivity index (χ2v) is 10.2. The molecule has 0 spiro atoms. The maximum Gasteiger partial charge on any atom is 0.319 e. The van der Waals surface area contributed by atoms with Crippen LogP contribution in [0, 0.1) is 0 Å². The van der Waals surface area contributed by atoms with E-state index in [1.807, 2.05) is 42.5 Å². The summed E-state index contributed by atoms with van der Waals surface area (Å²) in [6.07, 6.45) is 6.25. The lowest BCUT2D eigenvalue weighted by Gasteiger charge is -2.18. The number of urea groups is 1. The summed E-state index contributed by atoms with van der Waals surface area (Å²) in [6.45, 7) is 0.282. The number of aromatic nitrogens is 5. The van der Waals surface area contributed by atoms with Crippen LogP contribution in [0.2, 0.25) is 5.02 Å². The van der Waals surface area contributed by atoms with Crippen molar-refractivity contribution in [3.05, 3.63) is 131 Å². The topological polar surface area (TPSA) is 156 Å². The van der Waals surface area contributed by atoms with Crippen LogP contribution in [0.4, 0.5) is 16.2 Å². The molecule has 4 amide bonds. The van der Waals surface area contributed by atoms with E-state index in [1.165, 1.54) is 17.1 Å². The Bertz CT molecular complexity index is 1770. The molecule has 45 heavy (non-hydrogen) atoms. The first-order valence-corrected chi connectivity index (χ1v) is 14.2. The minimum Gasteiger partial charge on any atom is -0.340 e. The molecule has 0 fully saturated rings. The number of rotatable bonds is 11. The fraction of sp³-hybridized carbons (Fsp3) is 0.0938. The summed E-state index contributed by atoms with van der Waals surface area (Å²) in [7, 11) is 0. The molecule has 0 saturated carbocycles. The lowest BCUT2D eigenvalue weighted by atomic mass is 10.0. The van der Waals surface area contributed by atoms with E-state index in [0.717, 1.165) is 11.3 Å². The van der Waals surface area contributed by atoms with Gasteiger partial charge in [-0.25, -0.2) is 4.79 Å². The number of anilines is 2. The molecule has 12 nitrogen and oxygen atoms in total. The molecule has 0 aliphatic rings. The van der Waals surface area contributed by atoms with Crippen LogP contribution in [0.15, 0.2) is 110 Å². The summed E-state index contributed by atoms with van der Waals surface area (Å²) in [5.74, 6) is -0.892. The molecule has 0 bridgehead atoms. The average Bonchev–Trinajstić information content (AvgIpc) is 3.59. The quantitative estimate of drug-likeness (QED) is 0.159. The highest BCUT2D eigenvalue weighted by molar-refractivity contribution is 6.30. The van der Waals surface area contributed by atoms with Gasteiger partial charge in [-0.15, -0.1) is 5.10 Å². The van der Waals surface area contributed by atoms with Gasteiger partial charge in [0.05, 0.1) is 17.9 Å². The maximum atomic E-state index is 13.4. The van der Waals surface area contributed by atoms with Crippen molar-refractivity contribution in [1.29, 1.82) is 0 Å². The van der Waals surface area contributed by atoms with Crippen LogP contribution in [-0.2, 0) is 22.6 Å². The van der Waals surface area contributed by atoms with Crippen molar-refractivity contribution >= 4 is 46.9 Å². The van der Waals surface area contributed by atoms with Crippen LogP contribution < -0.4 is 21.3 Å². The third-order valence-corrected chi connectivity index (χ3v) is 6.72. The Morgan fingerprint density at radius 3 is 2.36 bits per heavy atom. The van der Waals surface area contributed by atoms with Crippen LogP contribution in [0.1, 0.15) is 16.8 Å². The van der Waals surface area contributed by atoms with Crippen molar-refractivity contribution < 1.29 is 14.4 Å². The summed E-state index contributed by atoms with van der Waals surface area (Å²) in [5.41, 5.74) is 3.86. The van der Waals surface area contributed by atoms with Gasteiger partial charge in [0.25, 0.3) is 0 Å². The molecule has 0 aliphatic heterocycles. The Labute approximate surface area is 263 Å². The fourth-order valence-corrected chi connectivity index (χ4v) is 4.48. The molecule has 5 rings (SSSR count). The van der Waals surface area contributed by atoms with E-state index in [9.17, 15) is 14.4 Å². The van der Waals surface area contributed by atoms with Crippen molar-refractivity contribution in [3.8, 4) is 5.69 Å². The molecular formula is C32H28ClN9O3. The molecule has 3 aromatic carbocycles. The molecule has 0 radical (unpaired) electrons. The average molecular weight is 622 g/mol. The highest BCUT2D eigenvalue weighted by atomic mass is 35.5. The van der Waals surface area contributed by atoms with Gasteiger partial charge in [-0.3, -0.25) is 14.6 Å². The van der Waals surface area contributed by atoms with Crippen LogP contribution >= 0.6 is 11.6 Å². The predicted octanol–water partition coefficient (Wildman–Crippen LogP) is 4.41. The van der Waals surface area contributed by atoms with Crippen molar-refractivity contribution in [1.82, 2.24) is 35.8 Å². The molecule has 0 unspecified atom stereocenters. The van der Waals surface area contributed by atoms with Gasteiger partial charge in [0.2, 0.25) is 11.8 Å². The first kappa shape index (κ1) is 30.6. The van der Waals surface area contributed by atoms with Gasteiger partial charge in [0.15, 0.2) is 0 Å². The molecule has 2 heterocycles. The number of carbonyl (C=O) groups excluding carboxylic acids is 3. The Morgan fingerprint density at radius 1 is 0.889 bits per heavy atom. The van der Waals surface area contributed by atoms with Crippen molar-refractivity contribution in [3.63, 3.8) is 0 Å². The summed E-state index contributed by atoms with van der Waals surface area (Å²) >= 11 is 6.18. The number of carbonyl (C=O) groups is 3. The second-order valence-electron chi connectivity index (χ2n) is 9.74. The van der Waals surface area contributed by atoms with E-state index in [1.54, 1.807) is 60.8 Å². The molecule has 0 aliphatic carbocycles. The number of hydrogen-bond donors (Lipinski definition) is 4. The lowest BCUT2D eigenvalue weighted by Crippen LogP contribution is -2.44. The number of hydrogen-bond acceptors (Lipinski definition) is 7. The molecule has 4 N–H and O–H groups in total. The fourth-order valence-electron chi connectivity index (χ4n) is 4.30. The summed E-state index contributed by atoms with van der Waals surface area (Å²) in [5, 5.41) is 22.8. The zero-order chi connectivity index (χ0) is 31.4. The number of tetrazole rings is 1. The zero-order valence-corrected chi connectivity index (χ0v) is 24.6. The van der Waals surface area contributed by atoms with E-state index < -0.39 is 17.9 Å². The molecule has 1 atom stereocenters. The Hall–Kier alpha value is -5.88. The van der Waals surface area contributed by atoms with Gasteiger partial charge in [0, 0.05) is 40.7 Å². The van der Waals surface area contributed by atoms with Gasteiger partial charge in [-0.2, -0.15) is 4.68 Å². The molecule has 13 heteroatoms. The number of nitrogens with one attached hydrogen (secondary N) is 4. The Balaban J connectivity index is 1.23. The third-order valence-electron chi connectivity index (χ3n) is 6.48. The number of halogens is 1. The highest BCUT2D eigenvalue weighted by Gasteiger charge is 2.21. The van der Waals surface area contributed by atoms with Gasteiger partial charge in [0.1, 0.15) is 12.4 Å². The van der Waals surface area contributed by atoms with Gasteiger partial charge in [-0.1, -0.05) is 48.0 Å². The molecule has 0 saturated heterocycles. The van der Waals surface area contributed by atoms with E-state index in [-0.39, 0.29) is 19.0 Å². The van der Waals surface area contributed by atoms with Crippen molar-refractivity contribution in [2.24, 2.45) is 0 Å². The van der Waals surface area contributed by atoms with E-state index >= 15 is 0 Å². The minimum absolute atomic E-state index is 0.259. The summed E-state index contributed by atoms with van der Waals surface area (Å²) in [6, 6.07) is 25.3. The van der Waals surface area contributed by atoms with Crippen LogP contribution in [0.25, 0.3) is 11.8 Å². The zero-order valence-electron chi connectivity index (χ0n) is 23.8. The number of benzene rings is 3. The van der Waals surface area contributed by atoms with Crippen molar-refractivity contribution in [2.45, 2.75) is 19.0 Å². The summed E-state index contributed by atoms with van der Waals surface area (Å²) < 4.78 is 1.45. The minimum atomic E-state index is -0.891. The largest absolute Gasteiger partial charge is 0.340 e. The number of pyridine rings is 1. The van der Waals surface area contributed by atoms with E-state index in [4.69, 9.17) is 11.6 Å².